The number of methoxy groups -OCH3 is 2. The lowest BCUT2D eigenvalue weighted by Crippen LogP contribution is -2.46. The maximum absolute atomic E-state index is 9.69. The summed E-state index contributed by atoms with van der Waals surface area (Å²) in [6.07, 6.45) is 7.76. The monoisotopic (exact) mass is 347 g/mol. The van der Waals surface area contributed by atoms with Gasteiger partial charge in [0.15, 0.2) is 11.5 Å². The molecule has 0 unspecified atom stereocenters. The van der Waals surface area contributed by atoms with Crippen LogP contribution in [0.2, 0.25) is 0 Å². The highest BCUT2D eigenvalue weighted by Gasteiger charge is 2.32. The number of hydrogen-bond donors (Lipinski definition) is 1. The molecule has 0 aromatic heterocycles. The van der Waals surface area contributed by atoms with Crippen molar-refractivity contribution in [3.8, 4) is 11.5 Å². The molecule has 1 aromatic carbocycles. The van der Waals surface area contributed by atoms with Gasteiger partial charge in [0, 0.05) is 12.6 Å². The summed E-state index contributed by atoms with van der Waals surface area (Å²) in [6.45, 7) is 2.20. The van der Waals surface area contributed by atoms with E-state index in [0.717, 1.165) is 37.3 Å². The van der Waals surface area contributed by atoms with Gasteiger partial charge in [-0.25, -0.2) is 0 Å². The van der Waals surface area contributed by atoms with Crippen molar-refractivity contribution in [3.05, 3.63) is 35.6 Å². The van der Waals surface area contributed by atoms with Crippen molar-refractivity contribution in [2.24, 2.45) is 0 Å². The number of aliphatic hydroxyl groups is 1. The summed E-state index contributed by atoms with van der Waals surface area (Å²) in [6, 6.07) is 6.44. The van der Waals surface area contributed by atoms with Crippen LogP contribution in [0.3, 0.4) is 0 Å². The topological polar surface area (TPSA) is 51.2 Å². The van der Waals surface area contributed by atoms with Crippen LogP contribution in [0.25, 0.3) is 0 Å². The van der Waals surface area contributed by atoms with Crippen molar-refractivity contribution in [1.82, 2.24) is 4.90 Å². The fraction of sp³-hybridized carbons (Fsp3) is 0.600. The molecule has 2 atom stereocenters. The van der Waals surface area contributed by atoms with E-state index in [1.165, 1.54) is 18.4 Å². The van der Waals surface area contributed by atoms with Gasteiger partial charge in [0.05, 0.1) is 33.5 Å². The van der Waals surface area contributed by atoms with Crippen molar-refractivity contribution >= 4 is 0 Å². The highest BCUT2D eigenvalue weighted by molar-refractivity contribution is 5.42. The molecule has 1 saturated carbocycles. The summed E-state index contributed by atoms with van der Waals surface area (Å²) in [5, 5.41) is 9.69. The minimum Gasteiger partial charge on any atom is -0.511 e. The Morgan fingerprint density at radius 2 is 1.92 bits per heavy atom. The lowest BCUT2D eigenvalue weighted by Gasteiger charge is -2.37. The Hall–Kier alpha value is -1.72. The van der Waals surface area contributed by atoms with E-state index in [0.29, 0.717) is 25.0 Å². The fourth-order valence-corrected chi connectivity index (χ4v) is 3.87. The fourth-order valence-electron chi connectivity index (χ4n) is 3.87. The predicted octanol–water partition coefficient (Wildman–Crippen LogP) is 3.33. The number of aliphatic hydroxyl groups excluding tert-OH is 1. The van der Waals surface area contributed by atoms with Crippen molar-refractivity contribution < 1.29 is 19.3 Å². The van der Waals surface area contributed by atoms with Gasteiger partial charge in [-0.1, -0.05) is 18.9 Å². The number of ether oxygens (including phenoxy) is 3. The molecule has 2 aliphatic rings. The third-order valence-electron chi connectivity index (χ3n) is 5.23. The van der Waals surface area contributed by atoms with Gasteiger partial charge >= 0.3 is 0 Å². The molecule has 3 rings (SSSR count). The number of hydrogen-bond acceptors (Lipinski definition) is 5. The minimum absolute atomic E-state index is 0.258. The van der Waals surface area contributed by atoms with Gasteiger partial charge in [-0.2, -0.15) is 0 Å². The second-order valence-electron chi connectivity index (χ2n) is 6.83. The first-order valence-electron chi connectivity index (χ1n) is 9.16. The molecule has 0 saturated heterocycles. The van der Waals surface area contributed by atoms with Crippen molar-refractivity contribution in [2.45, 2.75) is 44.2 Å². The van der Waals surface area contributed by atoms with E-state index in [1.807, 2.05) is 18.2 Å². The zero-order chi connectivity index (χ0) is 17.6. The van der Waals surface area contributed by atoms with Crippen LogP contribution in [0.15, 0.2) is 30.0 Å². The largest absolute Gasteiger partial charge is 0.511 e. The first-order chi connectivity index (χ1) is 12.2. The molecule has 25 heavy (non-hydrogen) atoms. The van der Waals surface area contributed by atoms with E-state index < -0.39 is 0 Å². The summed E-state index contributed by atoms with van der Waals surface area (Å²) in [7, 11) is 3.30. The van der Waals surface area contributed by atoms with E-state index >= 15 is 0 Å². The van der Waals surface area contributed by atoms with Crippen molar-refractivity contribution in [2.75, 3.05) is 33.9 Å². The van der Waals surface area contributed by atoms with Gasteiger partial charge in [-0.3, -0.25) is 4.90 Å². The van der Waals surface area contributed by atoms with E-state index in [4.69, 9.17) is 14.2 Å². The Morgan fingerprint density at radius 1 is 1.12 bits per heavy atom. The maximum atomic E-state index is 9.69. The molecular formula is C20H29NO4. The molecule has 0 spiro atoms. The summed E-state index contributed by atoms with van der Waals surface area (Å²) >= 11 is 0. The van der Waals surface area contributed by atoms with Crippen LogP contribution in [0, 0.1) is 0 Å². The summed E-state index contributed by atoms with van der Waals surface area (Å²) in [5.41, 5.74) is 1.19. The Kier molecular flexibility index (Phi) is 6.21. The highest BCUT2D eigenvalue weighted by Crippen LogP contribution is 2.29. The Labute approximate surface area is 150 Å². The van der Waals surface area contributed by atoms with Crippen LogP contribution in [-0.4, -0.2) is 56.1 Å². The van der Waals surface area contributed by atoms with Crippen LogP contribution in [0.1, 0.15) is 31.2 Å². The Bertz CT molecular complexity index is 601. The molecule has 1 aliphatic heterocycles. The SMILES string of the molecule is COc1ccc(CCO[C@@H]2CCCC[C@H]2N2CC=C(O)C2)cc1OC. The molecule has 1 aromatic rings. The van der Waals surface area contributed by atoms with Crippen LogP contribution in [0.5, 0.6) is 11.5 Å². The first-order valence-corrected chi connectivity index (χ1v) is 9.16. The normalized spacial score (nSPS) is 24.2. The van der Waals surface area contributed by atoms with Gasteiger partial charge in [0.1, 0.15) is 5.76 Å². The molecule has 1 aliphatic carbocycles. The molecular weight excluding hydrogens is 318 g/mol. The van der Waals surface area contributed by atoms with Gasteiger partial charge in [0.2, 0.25) is 0 Å². The average molecular weight is 347 g/mol. The predicted molar refractivity (Wildman–Crippen MR) is 97.5 cm³/mol. The van der Waals surface area contributed by atoms with Gasteiger partial charge in [0.25, 0.3) is 0 Å². The average Bonchev–Trinajstić information content (AvgIpc) is 3.08. The molecule has 5 nitrogen and oxygen atoms in total. The van der Waals surface area contributed by atoms with Crippen molar-refractivity contribution in [3.63, 3.8) is 0 Å². The summed E-state index contributed by atoms with van der Waals surface area (Å²) in [5.74, 6) is 2.00. The third-order valence-corrected chi connectivity index (χ3v) is 5.23. The van der Waals surface area contributed by atoms with E-state index in [1.54, 1.807) is 14.2 Å². The highest BCUT2D eigenvalue weighted by atomic mass is 16.5. The van der Waals surface area contributed by atoms with E-state index in [-0.39, 0.29) is 6.10 Å². The molecule has 1 fully saturated rings. The first kappa shape index (κ1) is 18.1. The number of nitrogens with zero attached hydrogens (tertiary/aromatic N) is 1. The number of rotatable bonds is 7. The van der Waals surface area contributed by atoms with Gasteiger partial charge < -0.3 is 19.3 Å². The second-order valence-corrected chi connectivity index (χ2v) is 6.83. The lowest BCUT2D eigenvalue weighted by molar-refractivity contribution is -0.0291. The summed E-state index contributed by atoms with van der Waals surface area (Å²) < 4.78 is 16.9. The van der Waals surface area contributed by atoms with Crippen LogP contribution >= 0.6 is 0 Å². The molecule has 0 bridgehead atoms. The molecule has 5 heteroatoms. The molecule has 0 radical (unpaired) electrons. The van der Waals surface area contributed by atoms with E-state index in [9.17, 15) is 5.11 Å². The molecule has 1 heterocycles. The summed E-state index contributed by atoms with van der Waals surface area (Å²) in [4.78, 5) is 2.34. The Balaban J connectivity index is 1.53. The Morgan fingerprint density at radius 3 is 2.64 bits per heavy atom. The van der Waals surface area contributed by atoms with Crippen LogP contribution in [-0.2, 0) is 11.2 Å². The molecule has 0 amide bonds. The van der Waals surface area contributed by atoms with E-state index in [2.05, 4.69) is 11.0 Å². The van der Waals surface area contributed by atoms with Crippen LogP contribution < -0.4 is 9.47 Å². The quantitative estimate of drug-likeness (QED) is 0.820. The van der Waals surface area contributed by atoms with Crippen LogP contribution in [0.4, 0.5) is 0 Å². The van der Waals surface area contributed by atoms with Crippen molar-refractivity contribution in [1.29, 1.82) is 0 Å². The number of benzene rings is 1. The maximum Gasteiger partial charge on any atom is 0.160 e. The smallest absolute Gasteiger partial charge is 0.160 e. The second kappa shape index (κ2) is 8.59. The van der Waals surface area contributed by atoms with Gasteiger partial charge in [-0.15, -0.1) is 0 Å². The zero-order valence-electron chi connectivity index (χ0n) is 15.2. The molecule has 138 valence electrons. The molecule has 1 N–H and O–H groups in total. The third kappa shape index (κ3) is 4.47. The minimum atomic E-state index is 0.258. The zero-order valence-corrected chi connectivity index (χ0v) is 15.2. The lowest BCUT2D eigenvalue weighted by atomic mass is 9.91. The van der Waals surface area contributed by atoms with Gasteiger partial charge in [-0.05, 0) is 43.0 Å². The standard InChI is InChI=1S/C20H29NO4/c1-23-19-8-7-15(13-20(19)24-2)10-12-25-18-6-4-3-5-17(18)21-11-9-16(22)14-21/h7-9,13,17-18,22H,3-6,10-12,14H2,1-2H3/t17-,18-/m1/s1.